The first kappa shape index (κ1) is 17.6. The van der Waals surface area contributed by atoms with Crippen molar-refractivity contribution in [3.63, 3.8) is 0 Å². The summed E-state index contributed by atoms with van der Waals surface area (Å²) < 4.78 is 19.4. The Bertz CT molecular complexity index is 854. The van der Waals surface area contributed by atoms with E-state index in [1.54, 1.807) is 12.1 Å². The predicted octanol–water partition coefficient (Wildman–Crippen LogP) is 4.16. The SMILES string of the molecule is COc1ccc(NN=C(c2ccccc2)c2ccccc2)c(CN)c1F. The molecule has 4 nitrogen and oxygen atoms in total. The van der Waals surface area contributed by atoms with Crippen molar-refractivity contribution in [2.45, 2.75) is 6.54 Å². The summed E-state index contributed by atoms with van der Waals surface area (Å²) in [5.41, 5.74) is 12.2. The van der Waals surface area contributed by atoms with E-state index in [4.69, 9.17) is 10.5 Å². The van der Waals surface area contributed by atoms with Crippen LogP contribution in [0.4, 0.5) is 10.1 Å². The van der Waals surface area contributed by atoms with Gasteiger partial charge in [0.05, 0.1) is 18.5 Å². The van der Waals surface area contributed by atoms with Crippen LogP contribution in [0.25, 0.3) is 0 Å². The molecule has 0 aromatic heterocycles. The van der Waals surface area contributed by atoms with Crippen LogP contribution in [0.1, 0.15) is 16.7 Å². The number of nitrogens with one attached hydrogen (secondary N) is 1. The average Bonchev–Trinajstić information content (AvgIpc) is 2.70. The number of hydrazone groups is 1. The zero-order valence-corrected chi connectivity index (χ0v) is 14.4. The number of rotatable bonds is 6. The lowest BCUT2D eigenvalue weighted by Crippen LogP contribution is -2.09. The number of anilines is 1. The fourth-order valence-electron chi connectivity index (χ4n) is 2.67. The third-order valence-corrected chi connectivity index (χ3v) is 4.01. The van der Waals surface area contributed by atoms with Crippen LogP contribution in [0.5, 0.6) is 5.75 Å². The third-order valence-electron chi connectivity index (χ3n) is 4.01. The maximum Gasteiger partial charge on any atom is 0.171 e. The lowest BCUT2D eigenvalue weighted by Gasteiger charge is -2.13. The minimum absolute atomic E-state index is 0.0346. The fraction of sp³-hybridized carbons (Fsp3) is 0.0952. The van der Waals surface area contributed by atoms with E-state index in [0.29, 0.717) is 11.3 Å². The van der Waals surface area contributed by atoms with Gasteiger partial charge in [0, 0.05) is 23.2 Å². The molecule has 0 heterocycles. The molecule has 0 aliphatic carbocycles. The van der Waals surface area contributed by atoms with Crippen LogP contribution in [-0.2, 0) is 6.54 Å². The molecule has 3 aromatic rings. The van der Waals surface area contributed by atoms with E-state index in [1.807, 2.05) is 60.7 Å². The molecule has 0 amide bonds. The van der Waals surface area contributed by atoms with Gasteiger partial charge in [0.25, 0.3) is 0 Å². The molecule has 0 fully saturated rings. The zero-order chi connectivity index (χ0) is 18.4. The molecular weight excluding hydrogens is 329 g/mol. The summed E-state index contributed by atoms with van der Waals surface area (Å²) in [5.74, 6) is -0.317. The number of hydrogen-bond donors (Lipinski definition) is 2. The molecule has 0 spiro atoms. The average molecular weight is 349 g/mol. The first-order valence-corrected chi connectivity index (χ1v) is 8.24. The van der Waals surface area contributed by atoms with E-state index in [2.05, 4.69) is 10.5 Å². The van der Waals surface area contributed by atoms with Gasteiger partial charge in [0.2, 0.25) is 0 Å². The number of benzene rings is 3. The molecule has 5 heteroatoms. The largest absolute Gasteiger partial charge is 0.494 e. The first-order valence-electron chi connectivity index (χ1n) is 8.24. The van der Waals surface area contributed by atoms with Gasteiger partial charge in [-0.15, -0.1) is 0 Å². The number of nitrogens with zero attached hydrogens (tertiary/aromatic N) is 1. The quantitative estimate of drug-likeness (QED) is 0.519. The second-order valence-electron chi connectivity index (χ2n) is 5.62. The van der Waals surface area contributed by atoms with Gasteiger partial charge >= 0.3 is 0 Å². The van der Waals surface area contributed by atoms with E-state index in [-0.39, 0.29) is 12.3 Å². The highest BCUT2D eigenvalue weighted by Gasteiger charge is 2.13. The molecule has 3 rings (SSSR count). The number of hydrogen-bond acceptors (Lipinski definition) is 4. The Morgan fingerprint density at radius 3 is 2.04 bits per heavy atom. The summed E-state index contributed by atoms with van der Waals surface area (Å²) in [7, 11) is 1.42. The molecule has 0 radical (unpaired) electrons. The van der Waals surface area contributed by atoms with Crippen LogP contribution >= 0.6 is 0 Å². The van der Waals surface area contributed by atoms with E-state index in [0.717, 1.165) is 16.8 Å². The first-order chi connectivity index (χ1) is 12.7. The van der Waals surface area contributed by atoms with Gasteiger partial charge in [-0.05, 0) is 12.1 Å². The summed E-state index contributed by atoms with van der Waals surface area (Å²) in [5, 5.41) is 4.54. The second kappa shape index (κ2) is 8.27. The lowest BCUT2D eigenvalue weighted by molar-refractivity contribution is 0.384. The van der Waals surface area contributed by atoms with Gasteiger partial charge in [0.1, 0.15) is 0 Å². The smallest absolute Gasteiger partial charge is 0.171 e. The van der Waals surface area contributed by atoms with Crippen LogP contribution in [0.3, 0.4) is 0 Å². The van der Waals surface area contributed by atoms with E-state index >= 15 is 0 Å². The summed E-state index contributed by atoms with van der Waals surface area (Å²) in [6, 6.07) is 22.9. The van der Waals surface area contributed by atoms with Gasteiger partial charge < -0.3 is 10.5 Å². The van der Waals surface area contributed by atoms with Crippen molar-refractivity contribution in [2.24, 2.45) is 10.8 Å². The maximum atomic E-state index is 14.4. The molecule has 0 saturated carbocycles. The number of halogens is 1. The topological polar surface area (TPSA) is 59.6 Å². The fourth-order valence-corrected chi connectivity index (χ4v) is 2.67. The Morgan fingerprint density at radius 2 is 1.54 bits per heavy atom. The molecule has 0 bridgehead atoms. The van der Waals surface area contributed by atoms with Crippen molar-refractivity contribution >= 4 is 11.4 Å². The number of methoxy groups -OCH3 is 1. The lowest BCUT2D eigenvalue weighted by atomic mass is 10.0. The van der Waals surface area contributed by atoms with Crippen molar-refractivity contribution < 1.29 is 9.13 Å². The summed E-state index contributed by atoms with van der Waals surface area (Å²) in [6.45, 7) is 0.0346. The summed E-state index contributed by atoms with van der Waals surface area (Å²) in [6.07, 6.45) is 0. The summed E-state index contributed by atoms with van der Waals surface area (Å²) >= 11 is 0. The molecule has 0 unspecified atom stereocenters. The Hall–Kier alpha value is -3.18. The van der Waals surface area contributed by atoms with Gasteiger partial charge in [-0.1, -0.05) is 60.7 Å². The molecule has 26 heavy (non-hydrogen) atoms. The van der Waals surface area contributed by atoms with Gasteiger partial charge in [-0.3, -0.25) is 5.43 Å². The Labute approximate surface area is 152 Å². The Balaban J connectivity index is 2.02. The molecule has 0 atom stereocenters. The van der Waals surface area contributed by atoms with Crippen LogP contribution in [0.2, 0.25) is 0 Å². The molecule has 3 aromatic carbocycles. The van der Waals surface area contributed by atoms with Crippen molar-refractivity contribution in [1.29, 1.82) is 0 Å². The van der Waals surface area contributed by atoms with Crippen LogP contribution in [0.15, 0.2) is 77.9 Å². The number of nitrogens with two attached hydrogens (primary N) is 1. The highest BCUT2D eigenvalue weighted by molar-refractivity contribution is 6.13. The van der Waals surface area contributed by atoms with Gasteiger partial charge in [-0.25, -0.2) is 4.39 Å². The molecule has 0 aliphatic rings. The molecular formula is C21H20FN3O. The van der Waals surface area contributed by atoms with Crippen molar-refractivity contribution in [2.75, 3.05) is 12.5 Å². The Kier molecular flexibility index (Phi) is 5.61. The van der Waals surface area contributed by atoms with Crippen molar-refractivity contribution in [3.8, 4) is 5.75 Å². The normalized spacial score (nSPS) is 10.3. The molecule has 132 valence electrons. The zero-order valence-electron chi connectivity index (χ0n) is 14.4. The Morgan fingerprint density at radius 1 is 0.962 bits per heavy atom. The standard InChI is InChI=1S/C21H20FN3O/c1-26-19-13-12-18(17(14-23)20(19)22)24-25-21(15-8-4-2-5-9-15)16-10-6-3-7-11-16/h2-13,24H,14,23H2,1H3. The van der Waals surface area contributed by atoms with Crippen molar-refractivity contribution in [3.05, 3.63) is 95.3 Å². The maximum absolute atomic E-state index is 14.4. The summed E-state index contributed by atoms with van der Waals surface area (Å²) in [4.78, 5) is 0. The minimum atomic E-state index is -0.476. The van der Waals surface area contributed by atoms with Crippen LogP contribution < -0.4 is 15.9 Å². The van der Waals surface area contributed by atoms with E-state index < -0.39 is 5.82 Å². The molecule has 0 saturated heterocycles. The number of ether oxygens (including phenoxy) is 1. The van der Waals surface area contributed by atoms with Crippen LogP contribution in [0, 0.1) is 5.82 Å². The van der Waals surface area contributed by atoms with Crippen LogP contribution in [-0.4, -0.2) is 12.8 Å². The second-order valence-corrected chi connectivity index (χ2v) is 5.62. The monoisotopic (exact) mass is 349 g/mol. The molecule has 0 aliphatic heterocycles. The molecule has 3 N–H and O–H groups in total. The van der Waals surface area contributed by atoms with Gasteiger partial charge in [-0.2, -0.15) is 5.10 Å². The highest BCUT2D eigenvalue weighted by atomic mass is 19.1. The minimum Gasteiger partial charge on any atom is -0.494 e. The third kappa shape index (κ3) is 3.73. The van der Waals surface area contributed by atoms with E-state index in [1.165, 1.54) is 7.11 Å². The van der Waals surface area contributed by atoms with E-state index in [9.17, 15) is 4.39 Å². The predicted molar refractivity (Wildman–Crippen MR) is 103 cm³/mol. The highest BCUT2D eigenvalue weighted by Crippen LogP contribution is 2.27. The van der Waals surface area contributed by atoms with Gasteiger partial charge in [0.15, 0.2) is 11.6 Å². The van der Waals surface area contributed by atoms with Crippen molar-refractivity contribution in [1.82, 2.24) is 0 Å².